The Bertz CT molecular complexity index is 3860. The average molecular weight is 991 g/mol. The topological polar surface area (TPSA) is 0 Å². The maximum atomic E-state index is 2.39. The van der Waals surface area contributed by atoms with E-state index in [4.69, 9.17) is 0 Å². The van der Waals surface area contributed by atoms with Gasteiger partial charge in [-0.3, -0.25) is 0 Å². The highest BCUT2D eigenvalue weighted by molar-refractivity contribution is 5.90. The molecule has 0 amide bonds. The fourth-order valence-corrected chi connectivity index (χ4v) is 10.9. The third-order valence-corrected chi connectivity index (χ3v) is 15.0. The van der Waals surface area contributed by atoms with Gasteiger partial charge in [-0.05, 0) is 218 Å². The maximum absolute atomic E-state index is 2.39. The Morgan fingerprint density at radius 1 is 0.0769 bits per heavy atom. The first kappa shape index (κ1) is 47.6. The zero-order valence-corrected chi connectivity index (χ0v) is 43.2. The van der Waals surface area contributed by atoms with Crippen LogP contribution in [0.4, 0.5) is 0 Å². The van der Waals surface area contributed by atoms with E-state index < -0.39 is 0 Å². The van der Waals surface area contributed by atoms with Crippen LogP contribution in [0.3, 0.4) is 0 Å². The van der Waals surface area contributed by atoms with Crippen LogP contribution in [0, 0.1) is 0 Å². The molecule has 0 aliphatic heterocycles. The molecule has 0 unspecified atom stereocenters. The molecular formula is C78H54. The van der Waals surface area contributed by atoms with E-state index >= 15 is 0 Å². The third kappa shape index (κ3) is 10.3. The Kier molecular flexibility index (Phi) is 13.2. The summed E-state index contributed by atoms with van der Waals surface area (Å²) in [5.74, 6) is 0. The second kappa shape index (κ2) is 21.6. The van der Waals surface area contributed by atoms with E-state index in [1.807, 2.05) is 0 Å². The summed E-state index contributed by atoms with van der Waals surface area (Å²) in [4.78, 5) is 0. The number of hydrogen-bond acceptors (Lipinski definition) is 0. The quantitative estimate of drug-likeness (QED) is 0.114. The van der Waals surface area contributed by atoms with Crippen LogP contribution in [0.1, 0.15) is 0 Å². The monoisotopic (exact) mass is 990 g/mol. The van der Waals surface area contributed by atoms with Gasteiger partial charge in [0, 0.05) is 0 Å². The molecule has 366 valence electrons. The van der Waals surface area contributed by atoms with Crippen molar-refractivity contribution in [1.29, 1.82) is 0 Å². The molecule has 0 heterocycles. The van der Waals surface area contributed by atoms with Gasteiger partial charge in [-0.1, -0.05) is 243 Å². The zero-order chi connectivity index (χ0) is 52.0. The molecule has 0 aliphatic rings. The molecule has 0 saturated heterocycles. The van der Waals surface area contributed by atoms with Gasteiger partial charge in [0.05, 0.1) is 0 Å². The Labute approximate surface area is 458 Å². The van der Waals surface area contributed by atoms with Crippen LogP contribution in [0.2, 0.25) is 0 Å². The summed E-state index contributed by atoms with van der Waals surface area (Å²) in [5.41, 5.74) is 28.4. The minimum Gasteiger partial charge on any atom is -0.0622 e. The lowest BCUT2D eigenvalue weighted by molar-refractivity contribution is 1.53. The standard InChI is InChI=1S/C78H54/c1-7-21-55(22-8-1)67-43-68(56-23-9-2-10-24-56)47-74(46-67)66-36-20-35-65(42-66)64-34-19-33-63(41-64)61-37-39-62(40-38-61)73-52-77(75-48-69(57-25-11-3-12-26-57)44-70(49-75)58-27-13-4-14-28-58)54-78(53-73)76-50-71(59-29-15-5-16-30-59)45-72(51-76)60-31-17-6-18-32-60/h1-54H. The lowest BCUT2D eigenvalue weighted by atomic mass is 9.88. The molecule has 0 atom stereocenters. The molecule has 0 aliphatic carbocycles. The molecule has 0 saturated carbocycles. The van der Waals surface area contributed by atoms with Crippen LogP contribution < -0.4 is 0 Å². The van der Waals surface area contributed by atoms with Crippen LogP contribution >= 0.6 is 0 Å². The largest absolute Gasteiger partial charge is 0.0622 e. The normalized spacial score (nSPS) is 11.1. The van der Waals surface area contributed by atoms with Gasteiger partial charge < -0.3 is 0 Å². The summed E-state index contributed by atoms with van der Waals surface area (Å²) in [6.07, 6.45) is 0. The minimum absolute atomic E-state index is 1.16. The summed E-state index contributed by atoms with van der Waals surface area (Å²) in [7, 11) is 0. The van der Waals surface area contributed by atoms with Crippen LogP contribution in [0.25, 0.3) is 134 Å². The van der Waals surface area contributed by atoms with Gasteiger partial charge in [-0.25, -0.2) is 0 Å². The Morgan fingerprint density at radius 3 is 0.410 bits per heavy atom. The Hall–Kier alpha value is -10.1. The minimum atomic E-state index is 1.16. The summed E-state index contributed by atoms with van der Waals surface area (Å²) < 4.78 is 0. The van der Waals surface area contributed by atoms with Crippen LogP contribution in [0.15, 0.2) is 328 Å². The van der Waals surface area contributed by atoms with Crippen molar-refractivity contribution in [3.63, 3.8) is 0 Å². The zero-order valence-electron chi connectivity index (χ0n) is 43.2. The van der Waals surface area contributed by atoms with E-state index in [1.54, 1.807) is 0 Å². The Balaban J connectivity index is 0.897. The van der Waals surface area contributed by atoms with E-state index in [-0.39, 0.29) is 0 Å². The first-order valence-corrected chi connectivity index (χ1v) is 26.9. The molecule has 0 heteroatoms. The first-order chi connectivity index (χ1) is 38.6. The molecule has 0 nitrogen and oxygen atoms in total. The van der Waals surface area contributed by atoms with Crippen molar-refractivity contribution in [3.05, 3.63) is 328 Å². The summed E-state index contributed by atoms with van der Waals surface area (Å²) >= 11 is 0. The molecule has 0 radical (unpaired) electrons. The van der Waals surface area contributed by atoms with Gasteiger partial charge >= 0.3 is 0 Å². The third-order valence-electron chi connectivity index (χ3n) is 15.0. The molecule has 0 N–H and O–H groups in total. The molecule has 13 aromatic carbocycles. The van der Waals surface area contributed by atoms with Crippen molar-refractivity contribution in [2.75, 3.05) is 0 Å². The lowest BCUT2D eigenvalue weighted by Gasteiger charge is -2.16. The molecule has 0 aromatic heterocycles. The fourth-order valence-electron chi connectivity index (χ4n) is 10.9. The number of benzene rings is 13. The molecule has 78 heavy (non-hydrogen) atoms. The number of hydrogen-bond donors (Lipinski definition) is 0. The van der Waals surface area contributed by atoms with E-state index in [1.165, 1.54) is 111 Å². The second-order valence-corrected chi connectivity index (χ2v) is 20.1. The van der Waals surface area contributed by atoms with Gasteiger partial charge in [-0.2, -0.15) is 0 Å². The van der Waals surface area contributed by atoms with Crippen molar-refractivity contribution >= 4 is 0 Å². The van der Waals surface area contributed by atoms with E-state index in [2.05, 4.69) is 328 Å². The summed E-state index contributed by atoms with van der Waals surface area (Å²) in [5, 5.41) is 0. The van der Waals surface area contributed by atoms with Gasteiger partial charge in [0.15, 0.2) is 0 Å². The van der Waals surface area contributed by atoms with Gasteiger partial charge in [0.2, 0.25) is 0 Å². The smallest absolute Gasteiger partial charge is 0.0171 e. The lowest BCUT2D eigenvalue weighted by Crippen LogP contribution is -1.90. The molecule has 0 fully saturated rings. The Morgan fingerprint density at radius 2 is 0.192 bits per heavy atom. The molecule has 13 rings (SSSR count). The fraction of sp³-hybridized carbons (Fsp3) is 0. The van der Waals surface area contributed by atoms with Gasteiger partial charge in [0.25, 0.3) is 0 Å². The second-order valence-electron chi connectivity index (χ2n) is 20.1. The van der Waals surface area contributed by atoms with Gasteiger partial charge in [-0.15, -0.1) is 0 Å². The SMILES string of the molecule is c1ccc(-c2cc(-c3ccccc3)cc(-c3cccc(-c4cccc(-c5ccc(-c6cc(-c7cc(-c8ccccc8)cc(-c8ccccc8)c7)cc(-c7cc(-c8ccccc8)cc(-c8ccccc8)c7)c6)cc5)c4)c3)c2)cc1. The van der Waals surface area contributed by atoms with Crippen molar-refractivity contribution in [1.82, 2.24) is 0 Å². The van der Waals surface area contributed by atoms with Crippen molar-refractivity contribution in [3.8, 4) is 134 Å². The van der Waals surface area contributed by atoms with Crippen LogP contribution in [-0.2, 0) is 0 Å². The average Bonchev–Trinajstić information content (AvgIpc) is 3.59. The highest BCUT2D eigenvalue weighted by atomic mass is 14.2. The maximum Gasteiger partial charge on any atom is -0.0171 e. The van der Waals surface area contributed by atoms with Crippen molar-refractivity contribution in [2.24, 2.45) is 0 Å². The van der Waals surface area contributed by atoms with E-state index in [0.29, 0.717) is 0 Å². The summed E-state index contributed by atoms with van der Waals surface area (Å²) in [6, 6.07) is 120. The molecule has 0 spiro atoms. The molecule has 13 aromatic rings. The highest BCUT2D eigenvalue weighted by Crippen LogP contribution is 2.41. The summed E-state index contributed by atoms with van der Waals surface area (Å²) in [6.45, 7) is 0. The predicted molar refractivity (Wildman–Crippen MR) is 332 cm³/mol. The van der Waals surface area contributed by atoms with Gasteiger partial charge in [0.1, 0.15) is 0 Å². The van der Waals surface area contributed by atoms with E-state index in [9.17, 15) is 0 Å². The highest BCUT2D eigenvalue weighted by Gasteiger charge is 2.15. The first-order valence-electron chi connectivity index (χ1n) is 26.9. The molecule has 0 bridgehead atoms. The van der Waals surface area contributed by atoms with Crippen molar-refractivity contribution < 1.29 is 0 Å². The number of rotatable bonds is 12. The van der Waals surface area contributed by atoms with Crippen LogP contribution in [0.5, 0.6) is 0 Å². The molecular weight excluding hydrogens is 937 g/mol. The predicted octanol–water partition coefficient (Wildman–Crippen LogP) is 21.7. The van der Waals surface area contributed by atoms with E-state index in [0.717, 1.165) is 22.3 Å². The van der Waals surface area contributed by atoms with Crippen molar-refractivity contribution in [2.45, 2.75) is 0 Å². The van der Waals surface area contributed by atoms with Crippen LogP contribution in [-0.4, -0.2) is 0 Å².